The standard InChI is InChI=1S/C38H43FN6O8/c1-5-17-50-37(49)42-26(18-23-9-7-6-8-10-23)22-51-30-14-13-28-27(19-25(39)21-41-28)33(30)36(48)43-29(20-32(46)52-38(2,3)4)35(47)40-16-15-31-44-34(45-53-31)24-11-12-24/h5-10,13-14,19,21,24,26,29H,1,11-12,15-18,20,22H2,2-4H3,(H,40,47)(H,42,49)(H,43,48). The number of hydrogen-bond acceptors (Lipinski definition) is 11. The number of amides is 3. The van der Waals surface area contributed by atoms with Crippen LogP contribution in [0.15, 0.2) is 71.9 Å². The molecule has 0 bridgehead atoms. The molecule has 15 heteroatoms. The first-order valence-electron chi connectivity index (χ1n) is 17.3. The van der Waals surface area contributed by atoms with Crippen LogP contribution in [0.3, 0.4) is 0 Å². The first-order valence-corrected chi connectivity index (χ1v) is 17.3. The molecule has 5 rings (SSSR count). The van der Waals surface area contributed by atoms with Crippen LogP contribution in [0.4, 0.5) is 9.18 Å². The van der Waals surface area contributed by atoms with E-state index in [4.69, 9.17) is 18.7 Å². The fourth-order valence-corrected chi connectivity index (χ4v) is 5.37. The van der Waals surface area contributed by atoms with Gasteiger partial charge in [0.25, 0.3) is 5.91 Å². The number of carbonyl (C=O) groups is 4. The van der Waals surface area contributed by atoms with Crippen LogP contribution in [0.1, 0.15) is 73.6 Å². The van der Waals surface area contributed by atoms with E-state index < -0.39 is 53.8 Å². The third-order valence-corrected chi connectivity index (χ3v) is 7.92. The molecule has 2 unspecified atom stereocenters. The molecule has 53 heavy (non-hydrogen) atoms. The molecule has 2 aromatic heterocycles. The fourth-order valence-electron chi connectivity index (χ4n) is 5.37. The van der Waals surface area contributed by atoms with Crippen molar-refractivity contribution in [3.63, 3.8) is 0 Å². The molecule has 14 nitrogen and oxygen atoms in total. The number of halogens is 1. The summed E-state index contributed by atoms with van der Waals surface area (Å²) in [5.74, 6) is -1.67. The van der Waals surface area contributed by atoms with Gasteiger partial charge >= 0.3 is 12.1 Å². The molecule has 0 saturated heterocycles. The zero-order valence-electron chi connectivity index (χ0n) is 29.9. The number of rotatable bonds is 17. The molecule has 1 aliphatic rings. The van der Waals surface area contributed by atoms with Crippen LogP contribution in [-0.2, 0) is 31.9 Å². The molecule has 0 radical (unpaired) electrons. The van der Waals surface area contributed by atoms with Gasteiger partial charge in [0.1, 0.15) is 36.4 Å². The predicted molar refractivity (Wildman–Crippen MR) is 191 cm³/mol. The van der Waals surface area contributed by atoms with Crippen molar-refractivity contribution in [2.75, 3.05) is 19.8 Å². The monoisotopic (exact) mass is 730 g/mol. The highest BCUT2D eigenvalue weighted by Gasteiger charge is 2.31. The number of nitrogens with zero attached hydrogens (tertiary/aromatic N) is 3. The van der Waals surface area contributed by atoms with Crippen molar-refractivity contribution in [1.82, 2.24) is 31.1 Å². The Kier molecular flexibility index (Phi) is 12.7. The number of nitrogens with one attached hydrogen (secondary N) is 3. The number of fused-ring (bicyclic) bond motifs is 1. The average Bonchev–Trinajstić information content (AvgIpc) is 3.86. The van der Waals surface area contributed by atoms with E-state index in [0.717, 1.165) is 30.7 Å². The van der Waals surface area contributed by atoms with E-state index in [1.54, 1.807) is 26.8 Å². The van der Waals surface area contributed by atoms with Gasteiger partial charge in [-0.1, -0.05) is 48.1 Å². The number of esters is 1. The van der Waals surface area contributed by atoms with Crippen molar-refractivity contribution in [3.8, 4) is 5.75 Å². The number of hydrogen-bond donors (Lipinski definition) is 3. The van der Waals surface area contributed by atoms with Gasteiger partial charge in [-0.25, -0.2) is 9.18 Å². The lowest BCUT2D eigenvalue weighted by Gasteiger charge is -2.24. The zero-order chi connectivity index (χ0) is 38.0. The third-order valence-electron chi connectivity index (χ3n) is 7.92. The number of aromatic nitrogens is 3. The Morgan fingerprint density at radius 2 is 1.87 bits per heavy atom. The maximum Gasteiger partial charge on any atom is 0.407 e. The quantitative estimate of drug-likeness (QED) is 0.101. The molecule has 1 fully saturated rings. The highest BCUT2D eigenvalue weighted by Crippen LogP contribution is 2.38. The Morgan fingerprint density at radius 3 is 2.58 bits per heavy atom. The van der Waals surface area contributed by atoms with E-state index in [9.17, 15) is 23.6 Å². The van der Waals surface area contributed by atoms with Gasteiger partial charge in [0.15, 0.2) is 5.82 Å². The summed E-state index contributed by atoms with van der Waals surface area (Å²) < 4.78 is 36.6. The van der Waals surface area contributed by atoms with Gasteiger partial charge in [0, 0.05) is 24.3 Å². The molecule has 3 N–H and O–H groups in total. The van der Waals surface area contributed by atoms with Gasteiger partial charge in [-0.05, 0) is 63.8 Å². The van der Waals surface area contributed by atoms with Gasteiger partial charge in [-0.2, -0.15) is 4.98 Å². The summed E-state index contributed by atoms with van der Waals surface area (Å²) >= 11 is 0. The summed E-state index contributed by atoms with van der Waals surface area (Å²) in [4.78, 5) is 61.6. The Morgan fingerprint density at radius 1 is 1.09 bits per heavy atom. The van der Waals surface area contributed by atoms with Gasteiger partial charge in [-0.3, -0.25) is 19.4 Å². The molecule has 3 amide bonds. The third kappa shape index (κ3) is 11.6. The summed E-state index contributed by atoms with van der Waals surface area (Å²) in [6, 6.07) is 11.5. The normalized spacial score (nSPS) is 13.7. The molecule has 0 spiro atoms. The van der Waals surface area contributed by atoms with Crippen LogP contribution in [0.25, 0.3) is 10.9 Å². The maximum absolute atomic E-state index is 14.6. The molecule has 280 valence electrons. The second kappa shape index (κ2) is 17.6. The first kappa shape index (κ1) is 38.4. The van der Waals surface area contributed by atoms with Crippen LogP contribution in [0, 0.1) is 5.82 Å². The number of pyridine rings is 1. The Hall–Kier alpha value is -5.86. The summed E-state index contributed by atoms with van der Waals surface area (Å²) in [6.45, 7) is 8.53. The zero-order valence-corrected chi connectivity index (χ0v) is 29.9. The van der Waals surface area contributed by atoms with Gasteiger partial charge < -0.3 is 34.7 Å². The fraction of sp³-hybridized carbons (Fsp3) is 0.395. The summed E-state index contributed by atoms with van der Waals surface area (Å²) in [5, 5.41) is 12.2. The van der Waals surface area contributed by atoms with E-state index in [1.807, 2.05) is 30.3 Å². The SMILES string of the molecule is C=CCOC(=O)NC(COc1ccc2ncc(F)cc2c1C(=O)NC(CC(=O)OC(C)(C)C)C(=O)NCCc1nc(C2CC2)no1)Cc1ccccc1. The average molecular weight is 731 g/mol. The molecule has 2 aromatic carbocycles. The Balaban J connectivity index is 1.38. The Labute approximate surface area is 305 Å². The van der Waals surface area contributed by atoms with Crippen molar-refractivity contribution in [3.05, 3.63) is 96.0 Å². The van der Waals surface area contributed by atoms with E-state index in [1.165, 1.54) is 12.1 Å². The second-order valence-electron chi connectivity index (χ2n) is 13.6. The largest absolute Gasteiger partial charge is 0.491 e. The van der Waals surface area contributed by atoms with E-state index in [0.29, 0.717) is 24.1 Å². The molecule has 2 heterocycles. The molecule has 2 atom stereocenters. The van der Waals surface area contributed by atoms with Crippen LogP contribution in [-0.4, -0.2) is 76.4 Å². The minimum atomic E-state index is -1.40. The highest BCUT2D eigenvalue weighted by atomic mass is 19.1. The van der Waals surface area contributed by atoms with Gasteiger partial charge in [-0.15, -0.1) is 0 Å². The van der Waals surface area contributed by atoms with Crippen LogP contribution < -0.4 is 20.7 Å². The lowest BCUT2D eigenvalue weighted by Crippen LogP contribution is -2.49. The summed E-state index contributed by atoms with van der Waals surface area (Å²) in [7, 11) is 0. The summed E-state index contributed by atoms with van der Waals surface area (Å²) in [5.41, 5.74) is 0.171. The number of carbonyl (C=O) groups excluding carboxylic acids is 4. The smallest absolute Gasteiger partial charge is 0.407 e. The number of benzene rings is 2. The molecular weight excluding hydrogens is 687 g/mol. The highest BCUT2D eigenvalue weighted by molar-refractivity contribution is 6.10. The van der Waals surface area contributed by atoms with E-state index in [2.05, 4.69) is 37.7 Å². The van der Waals surface area contributed by atoms with Crippen molar-refractivity contribution < 1.29 is 42.3 Å². The number of ether oxygens (including phenoxy) is 3. The minimum Gasteiger partial charge on any atom is -0.491 e. The van der Waals surface area contributed by atoms with Gasteiger partial charge in [0.05, 0.1) is 29.7 Å². The first-order chi connectivity index (χ1) is 25.4. The molecule has 4 aromatic rings. The van der Waals surface area contributed by atoms with Crippen molar-refractivity contribution in [2.45, 2.75) is 76.5 Å². The van der Waals surface area contributed by atoms with Crippen LogP contribution >= 0.6 is 0 Å². The summed E-state index contributed by atoms with van der Waals surface area (Å²) in [6.07, 6.45) is 3.82. The molecule has 1 aliphatic carbocycles. The second-order valence-corrected chi connectivity index (χ2v) is 13.6. The van der Waals surface area contributed by atoms with E-state index >= 15 is 0 Å². The number of alkyl carbamates (subject to hydrolysis) is 1. The minimum absolute atomic E-state index is 0.00532. The van der Waals surface area contributed by atoms with Crippen molar-refractivity contribution in [2.24, 2.45) is 0 Å². The lowest BCUT2D eigenvalue weighted by molar-refractivity contribution is -0.156. The van der Waals surface area contributed by atoms with Crippen molar-refractivity contribution in [1.29, 1.82) is 0 Å². The van der Waals surface area contributed by atoms with Crippen LogP contribution in [0.5, 0.6) is 5.75 Å². The maximum atomic E-state index is 14.6. The van der Waals surface area contributed by atoms with E-state index in [-0.39, 0.29) is 48.4 Å². The molecule has 1 saturated carbocycles. The van der Waals surface area contributed by atoms with Gasteiger partial charge in [0.2, 0.25) is 11.8 Å². The topological polar surface area (TPSA) is 184 Å². The predicted octanol–water partition coefficient (Wildman–Crippen LogP) is 4.73. The Bertz CT molecular complexity index is 1920. The van der Waals surface area contributed by atoms with Crippen LogP contribution in [0.2, 0.25) is 0 Å². The lowest BCUT2D eigenvalue weighted by atomic mass is 10.0. The molecular formula is C38H43FN6O8. The molecule has 0 aliphatic heterocycles. The van der Waals surface area contributed by atoms with Crippen molar-refractivity contribution >= 4 is 34.8 Å².